The minimum Gasteiger partial charge on any atom is -0.495 e. The van der Waals surface area contributed by atoms with Gasteiger partial charge in [0.1, 0.15) is 18.2 Å². The third-order valence-corrected chi connectivity index (χ3v) is 5.73. The van der Waals surface area contributed by atoms with Gasteiger partial charge in [0, 0.05) is 36.6 Å². The summed E-state index contributed by atoms with van der Waals surface area (Å²) in [5, 5.41) is 6.03. The second-order valence-electron chi connectivity index (χ2n) is 8.51. The minimum absolute atomic E-state index is 0.160. The largest absolute Gasteiger partial charge is 0.495 e. The standard InChI is InChI=1S/C26H32N6O3/c1-3-7-20-15-24(32-13-12-19(27)16-32)31-25(28-20)29-21-10-11-23(34-2)22(14-21)30-26(33)35-17-18-8-5-4-6-9-18/h4-6,8-11,14-15,19H,3,7,12-13,16-17,27H2,1-2H3,(H,30,33)(H,28,29,31)/t19-/m0/s1. The Hall–Kier alpha value is -3.85. The van der Waals surface area contributed by atoms with Crippen molar-refractivity contribution in [1.82, 2.24) is 9.97 Å². The van der Waals surface area contributed by atoms with E-state index in [2.05, 4.69) is 27.4 Å². The first-order chi connectivity index (χ1) is 17.0. The predicted octanol–water partition coefficient (Wildman–Crippen LogP) is 4.47. The number of aromatic nitrogens is 2. The summed E-state index contributed by atoms with van der Waals surface area (Å²) in [5.41, 5.74) is 9.17. The Bertz CT molecular complexity index is 1140. The molecule has 1 amide bonds. The summed E-state index contributed by atoms with van der Waals surface area (Å²) in [6.07, 6.45) is 2.21. The molecule has 4 rings (SSSR count). The normalized spacial score (nSPS) is 15.1. The van der Waals surface area contributed by atoms with Gasteiger partial charge in [-0.15, -0.1) is 0 Å². The lowest BCUT2D eigenvalue weighted by Crippen LogP contribution is -2.27. The number of methoxy groups -OCH3 is 1. The fourth-order valence-electron chi connectivity index (χ4n) is 3.96. The monoisotopic (exact) mass is 476 g/mol. The zero-order valence-electron chi connectivity index (χ0n) is 20.2. The second-order valence-corrected chi connectivity index (χ2v) is 8.51. The quantitative estimate of drug-likeness (QED) is 0.414. The maximum Gasteiger partial charge on any atom is 0.412 e. The molecule has 9 heteroatoms. The van der Waals surface area contributed by atoms with Gasteiger partial charge in [0.05, 0.1) is 12.8 Å². The van der Waals surface area contributed by atoms with Crippen molar-refractivity contribution >= 4 is 29.2 Å². The maximum absolute atomic E-state index is 12.4. The van der Waals surface area contributed by atoms with Gasteiger partial charge in [-0.1, -0.05) is 43.7 Å². The number of nitrogens with zero attached hydrogens (tertiary/aromatic N) is 3. The molecule has 3 aromatic rings. The fourth-order valence-corrected chi connectivity index (χ4v) is 3.96. The third-order valence-electron chi connectivity index (χ3n) is 5.73. The number of hydrogen-bond donors (Lipinski definition) is 3. The molecule has 35 heavy (non-hydrogen) atoms. The number of carbonyl (C=O) groups excluding carboxylic acids is 1. The molecule has 1 aromatic heterocycles. The van der Waals surface area contributed by atoms with Crippen LogP contribution < -0.4 is 26.0 Å². The van der Waals surface area contributed by atoms with E-state index in [9.17, 15) is 4.79 Å². The van der Waals surface area contributed by atoms with Crippen LogP contribution in [0, 0.1) is 0 Å². The average molecular weight is 477 g/mol. The van der Waals surface area contributed by atoms with Gasteiger partial charge in [0.15, 0.2) is 0 Å². The molecule has 0 aliphatic carbocycles. The average Bonchev–Trinajstić information content (AvgIpc) is 3.30. The number of carbonyl (C=O) groups is 1. The lowest BCUT2D eigenvalue weighted by Gasteiger charge is -2.19. The SMILES string of the molecule is CCCc1cc(N2CC[C@H](N)C2)nc(Nc2ccc(OC)c(NC(=O)OCc3ccccc3)c2)n1. The number of amides is 1. The number of aryl methyl sites for hydroxylation is 1. The topological polar surface area (TPSA) is 115 Å². The molecule has 1 aliphatic rings. The Kier molecular flexibility index (Phi) is 7.99. The van der Waals surface area contributed by atoms with E-state index in [-0.39, 0.29) is 12.6 Å². The highest BCUT2D eigenvalue weighted by molar-refractivity contribution is 5.88. The molecule has 1 fully saturated rings. The molecule has 2 heterocycles. The van der Waals surface area contributed by atoms with Crippen molar-refractivity contribution in [2.24, 2.45) is 5.73 Å². The molecule has 9 nitrogen and oxygen atoms in total. The van der Waals surface area contributed by atoms with E-state index in [0.717, 1.165) is 49.4 Å². The van der Waals surface area contributed by atoms with Gasteiger partial charge < -0.3 is 25.4 Å². The van der Waals surface area contributed by atoms with Gasteiger partial charge in [-0.25, -0.2) is 9.78 Å². The van der Waals surface area contributed by atoms with Crippen LogP contribution in [0.25, 0.3) is 0 Å². The highest BCUT2D eigenvalue weighted by Crippen LogP contribution is 2.30. The van der Waals surface area contributed by atoms with Gasteiger partial charge in [0.25, 0.3) is 0 Å². The molecular weight excluding hydrogens is 444 g/mol. The van der Waals surface area contributed by atoms with Gasteiger partial charge in [-0.2, -0.15) is 4.98 Å². The molecule has 0 bridgehead atoms. The first-order valence-electron chi connectivity index (χ1n) is 11.8. The second kappa shape index (κ2) is 11.5. The Labute approximate surface area is 205 Å². The van der Waals surface area contributed by atoms with Crippen molar-refractivity contribution in [3.05, 3.63) is 65.9 Å². The lowest BCUT2D eigenvalue weighted by atomic mass is 10.2. The number of benzene rings is 2. The van der Waals surface area contributed by atoms with E-state index in [1.807, 2.05) is 42.5 Å². The summed E-state index contributed by atoms with van der Waals surface area (Å²) in [6, 6.07) is 17.1. The Morgan fingerprint density at radius 1 is 1.17 bits per heavy atom. The molecule has 1 atom stereocenters. The number of hydrogen-bond acceptors (Lipinski definition) is 8. The summed E-state index contributed by atoms with van der Waals surface area (Å²) in [4.78, 5) is 24.0. The van der Waals surface area contributed by atoms with E-state index in [4.69, 9.17) is 20.2 Å². The van der Waals surface area contributed by atoms with Crippen LogP contribution in [0.2, 0.25) is 0 Å². The van der Waals surface area contributed by atoms with Gasteiger partial charge >= 0.3 is 6.09 Å². The Balaban J connectivity index is 1.49. The van der Waals surface area contributed by atoms with Crippen LogP contribution in [-0.2, 0) is 17.8 Å². The van der Waals surface area contributed by atoms with E-state index in [0.29, 0.717) is 23.1 Å². The Morgan fingerprint density at radius 3 is 2.71 bits per heavy atom. The molecule has 1 saturated heterocycles. The smallest absolute Gasteiger partial charge is 0.412 e. The van der Waals surface area contributed by atoms with Crippen LogP contribution in [0.3, 0.4) is 0 Å². The summed E-state index contributed by atoms with van der Waals surface area (Å²) >= 11 is 0. The zero-order valence-corrected chi connectivity index (χ0v) is 20.2. The summed E-state index contributed by atoms with van der Waals surface area (Å²) < 4.78 is 10.8. The summed E-state index contributed by atoms with van der Waals surface area (Å²) in [7, 11) is 1.55. The molecule has 0 unspecified atom stereocenters. The van der Waals surface area contributed by atoms with Gasteiger partial charge in [-0.05, 0) is 36.6 Å². The third kappa shape index (κ3) is 6.60. The van der Waals surface area contributed by atoms with Crippen LogP contribution >= 0.6 is 0 Å². The highest BCUT2D eigenvalue weighted by atomic mass is 16.5. The molecule has 1 aliphatic heterocycles. The predicted molar refractivity (Wildman–Crippen MR) is 137 cm³/mol. The van der Waals surface area contributed by atoms with E-state index in [1.54, 1.807) is 19.2 Å². The number of ether oxygens (including phenoxy) is 2. The van der Waals surface area contributed by atoms with Gasteiger partial charge in [0.2, 0.25) is 5.95 Å². The molecule has 0 spiro atoms. The molecule has 0 radical (unpaired) electrons. The highest BCUT2D eigenvalue weighted by Gasteiger charge is 2.21. The molecular formula is C26H32N6O3. The number of nitrogens with two attached hydrogens (primary N) is 1. The minimum atomic E-state index is -0.571. The van der Waals surface area contributed by atoms with Crippen molar-refractivity contribution in [2.45, 2.75) is 38.8 Å². The zero-order chi connectivity index (χ0) is 24.6. The molecule has 0 saturated carbocycles. The molecule has 2 aromatic carbocycles. The number of rotatable bonds is 9. The van der Waals surface area contributed by atoms with Crippen LogP contribution in [0.4, 0.5) is 27.9 Å². The van der Waals surface area contributed by atoms with Crippen molar-refractivity contribution in [3.63, 3.8) is 0 Å². The first-order valence-corrected chi connectivity index (χ1v) is 11.8. The number of nitrogens with one attached hydrogen (secondary N) is 2. The summed E-state index contributed by atoms with van der Waals surface area (Å²) in [6.45, 7) is 3.96. The van der Waals surface area contributed by atoms with E-state index < -0.39 is 6.09 Å². The number of anilines is 4. The van der Waals surface area contributed by atoms with Crippen LogP contribution in [0.5, 0.6) is 5.75 Å². The summed E-state index contributed by atoms with van der Waals surface area (Å²) in [5.74, 6) is 1.88. The van der Waals surface area contributed by atoms with Crippen molar-refractivity contribution in [2.75, 3.05) is 35.7 Å². The first kappa shape index (κ1) is 24.3. The van der Waals surface area contributed by atoms with E-state index >= 15 is 0 Å². The van der Waals surface area contributed by atoms with Crippen LogP contribution in [0.15, 0.2) is 54.6 Å². The van der Waals surface area contributed by atoms with Crippen molar-refractivity contribution in [3.8, 4) is 5.75 Å². The Morgan fingerprint density at radius 2 is 2.00 bits per heavy atom. The van der Waals surface area contributed by atoms with Crippen molar-refractivity contribution < 1.29 is 14.3 Å². The molecule has 184 valence electrons. The molecule has 4 N–H and O–H groups in total. The maximum atomic E-state index is 12.4. The van der Waals surface area contributed by atoms with Crippen LogP contribution in [-0.4, -0.2) is 42.3 Å². The van der Waals surface area contributed by atoms with Gasteiger partial charge in [-0.3, -0.25) is 5.32 Å². The van der Waals surface area contributed by atoms with Crippen molar-refractivity contribution in [1.29, 1.82) is 0 Å². The van der Waals surface area contributed by atoms with E-state index in [1.165, 1.54) is 0 Å². The van der Waals surface area contributed by atoms with Crippen LogP contribution in [0.1, 0.15) is 31.0 Å². The fraction of sp³-hybridized carbons (Fsp3) is 0.346. The lowest BCUT2D eigenvalue weighted by molar-refractivity contribution is 0.155.